The number of hydrogen-bond donors (Lipinski definition) is 3. The number of piperidine rings is 1. The summed E-state index contributed by atoms with van der Waals surface area (Å²) in [5, 5.41) is 26.3. The third-order valence-electron chi connectivity index (χ3n) is 9.65. The number of phenolic OH excluding ortho intramolecular Hbond substituents is 1. The van der Waals surface area contributed by atoms with Gasteiger partial charge in [-0.15, -0.1) is 0 Å². The minimum Gasteiger partial charge on any atom is -0.504 e. The number of Topliss-reactive ketones (excluding diaryl/α,β-unsaturated/α-hetero) is 1. The van der Waals surface area contributed by atoms with Gasteiger partial charge in [-0.2, -0.15) is 0 Å². The van der Waals surface area contributed by atoms with E-state index in [4.69, 9.17) is 9.47 Å². The quantitative estimate of drug-likeness (QED) is 0.538. The van der Waals surface area contributed by atoms with Crippen LogP contribution in [0, 0.1) is 18.8 Å². The number of aliphatic hydroxyl groups is 1. The summed E-state index contributed by atoms with van der Waals surface area (Å²) < 4.78 is 11.7. The molecule has 2 aromatic rings. The molecule has 2 bridgehead atoms. The summed E-state index contributed by atoms with van der Waals surface area (Å²) in [5.74, 6) is -0.477. The van der Waals surface area contributed by atoms with Crippen molar-refractivity contribution in [3.63, 3.8) is 0 Å². The molecule has 8 nitrogen and oxygen atoms in total. The fourth-order valence-corrected chi connectivity index (χ4v) is 7.71. The predicted octanol–water partition coefficient (Wildman–Crippen LogP) is 2.71. The zero-order chi connectivity index (χ0) is 25.7. The second kappa shape index (κ2) is 7.71. The van der Waals surface area contributed by atoms with Crippen LogP contribution in [0.25, 0.3) is 0 Å². The van der Waals surface area contributed by atoms with Crippen molar-refractivity contribution in [3.8, 4) is 17.2 Å². The number of anilines is 1. The van der Waals surface area contributed by atoms with E-state index in [0.717, 1.165) is 29.8 Å². The number of phenols is 1. The lowest BCUT2D eigenvalue weighted by atomic mass is 9.47. The molecule has 5 atom stereocenters. The van der Waals surface area contributed by atoms with Gasteiger partial charge < -0.3 is 25.0 Å². The maximum absolute atomic E-state index is 14.0. The lowest BCUT2D eigenvalue weighted by Gasteiger charge is -2.63. The van der Waals surface area contributed by atoms with Gasteiger partial charge in [-0.1, -0.05) is 18.2 Å². The Bertz CT molecular complexity index is 1340. The molecule has 3 fully saturated rings. The van der Waals surface area contributed by atoms with Crippen molar-refractivity contribution < 1.29 is 29.3 Å². The van der Waals surface area contributed by atoms with Crippen LogP contribution < -0.4 is 14.8 Å². The highest BCUT2D eigenvalue weighted by molar-refractivity contribution is 6.11. The second-order valence-corrected chi connectivity index (χ2v) is 11.6. The van der Waals surface area contributed by atoms with Gasteiger partial charge in [0.2, 0.25) is 5.91 Å². The van der Waals surface area contributed by atoms with Crippen LogP contribution in [0.1, 0.15) is 42.4 Å². The number of amides is 1. The average molecular weight is 505 g/mol. The number of ether oxygens (including phenoxy) is 2. The third-order valence-corrected chi connectivity index (χ3v) is 9.65. The number of methoxy groups -OCH3 is 1. The van der Waals surface area contributed by atoms with E-state index in [1.807, 2.05) is 25.1 Å². The number of aryl methyl sites for hydroxylation is 1. The maximum atomic E-state index is 14.0. The Morgan fingerprint density at radius 3 is 2.84 bits per heavy atom. The standard InChI is InChI=1S/C29H32N2O6/c1-15-4-3-5-20(36-2)23(15)30-27(34)18-13-29(35)21-12-17-8-9-19(32)25-22(17)28(29,26(37-25)24(18)33)10-11-31(21)14-16-6-7-16/h3-5,8-9,16,18,21,26,32,35H,6-7,10-14H2,1-2H3,(H,30,34)/t18?,21-,26+,28+,29-/m1/s1. The molecule has 0 radical (unpaired) electrons. The Morgan fingerprint density at radius 2 is 2.08 bits per heavy atom. The van der Waals surface area contributed by atoms with Crippen molar-refractivity contribution in [2.24, 2.45) is 11.8 Å². The molecule has 3 aliphatic carbocycles. The number of carbonyl (C=O) groups excluding carboxylic acids is 2. The highest BCUT2D eigenvalue weighted by Crippen LogP contribution is 2.65. The molecule has 5 aliphatic rings. The Hall–Kier alpha value is -3.10. The summed E-state index contributed by atoms with van der Waals surface area (Å²) in [7, 11) is 1.54. The van der Waals surface area contributed by atoms with Gasteiger partial charge in [-0.05, 0) is 74.8 Å². The number of aromatic hydroxyl groups is 1. The van der Waals surface area contributed by atoms with Gasteiger partial charge in [0, 0.05) is 18.2 Å². The smallest absolute Gasteiger partial charge is 0.235 e. The Kier molecular flexibility index (Phi) is 4.80. The van der Waals surface area contributed by atoms with E-state index in [0.29, 0.717) is 35.9 Å². The number of rotatable bonds is 5. The lowest BCUT2D eigenvalue weighted by Crippen LogP contribution is -2.78. The first-order valence-electron chi connectivity index (χ1n) is 13.2. The Morgan fingerprint density at radius 1 is 1.27 bits per heavy atom. The zero-order valence-corrected chi connectivity index (χ0v) is 21.1. The Labute approximate surface area is 215 Å². The van der Waals surface area contributed by atoms with Crippen molar-refractivity contribution in [1.29, 1.82) is 0 Å². The van der Waals surface area contributed by atoms with Crippen molar-refractivity contribution in [2.75, 3.05) is 25.5 Å². The second-order valence-electron chi connectivity index (χ2n) is 11.6. The molecule has 1 unspecified atom stereocenters. The van der Waals surface area contributed by atoms with Crippen molar-refractivity contribution in [1.82, 2.24) is 4.90 Å². The van der Waals surface area contributed by atoms with Crippen LogP contribution >= 0.6 is 0 Å². The van der Waals surface area contributed by atoms with Gasteiger partial charge in [0.15, 0.2) is 23.4 Å². The van der Waals surface area contributed by atoms with E-state index in [2.05, 4.69) is 10.2 Å². The number of nitrogens with zero attached hydrogens (tertiary/aromatic N) is 1. The zero-order valence-electron chi connectivity index (χ0n) is 21.1. The number of hydrogen-bond acceptors (Lipinski definition) is 7. The molecule has 2 saturated carbocycles. The highest BCUT2D eigenvalue weighted by Gasteiger charge is 2.75. The molecular formula is C29H32N2O6. The normalized spacial score (nSPS) is 33.5. The van der Waals surface area contributed by atoms with Gasteiger partial charge in [0.25, 0.3) is 0 Å². The van der Waals surface area contributed by atoms with Crippen molar-refractivity contribution in [3.05, 3.63) is 47.0 Å². The van der Waals surface area contributed by atoms with Crippen molar-refractivity contribution >= 4 is 17.4 Å². The van der Waals surface area contributed by atoms with Crippen LogP contribution in [-0.2, 0) is 21.4 Å². The summed E-state index contributed by atoms with van der Waals surface area (Å²) in [6.45, 7) is 3.54. The summed E-state index contributed by atoms with van der Waals surface area (Å²) in [4.78, 5) is 30.1. The number of likely N-dealkylation sites (tertiary alicyclic amines) is 1. The predicted molar refractivity (Wildman–Crippen MR) is 135 cm³/mol. The van der Waals surface area contributed by atoms with Gasteiger partial charge in [-0.25, -0.2) is 0 Å². The van der Waals surface area contributed by atoms with Crippen LogP contribution in [-0.4, -0.2) is 64.7 Å². The number of ketones is 1. The number of carbonyl (C=O) groups is 2. The topological polar surface area (TPSA) is 108 Å². The van der Waals surface area contributed by atoms with Crippen LogP contribution in [0.3, 0.4) is 0 Å². The number of para-hydroxylation sites is 1. The molecule has 194 valence electrons. The van der Waals surface area contributed by atoms with Gasteiger partial charge >= 0.3 is 0 Å². The monoisotopic (exact) mass is 504 g/mol. The van der Waals surface area contributed by atoms with E-state index in [1.165, 1.54) is 20.0 Å². The van der Waals surface area contributed by atoms with Crippen molar-refractivity contribution in [2.45, 2.75) is 62.2 Å². The first-order valence-corrected chi connectivity index (χ1v) is 13.2. The molecule has 2 aromatic carbocycles. The largest absolute Gasteiger partial charge is 0.504 e. The molecule has 37 heavy (non-hydrogen) atoms. The Balaban J connectivity index is 1.32. The first-order chi connectivity index (χ1) is 17.8. The minimum atomic E-state index is -1.34. The molecule has 8 heteroatoms. The van der Waals surface area contributed by atoms with Gasteiger partial charge in [0.05, 0.1) is 23.8 Å². The fraction of sp³-hybridized carbons (Fsp3) is 0.517. The SMILES string of the molecule is COc1cccc(C)c1NC(=O)C1C[C@@]2(O)[C@H]3Cc4ccc(O)c5c4[C@@]2(CCN3CC2CC2)[C@@H](O5)C1=O. The molecule has 2 aliphatic heterocycles. The summed E-state index contributed by atoms with van der Waals surface area (Å²) in [6.07, 6.45) is 2.55. The molecular weight excluding hydrogens is 472 g/mol. The number of nitrogens with one attached hydrogen (secondary N) is 1. The molecule has 7 rings (SSSR count). The number of benzene rings is 2. The summed E-state index contributed by atoms with van der Waals surface area (Å²) in [5.41, 5.74) is 0.817. The fourth-order valence-electron chi connectivity index (χ4n) is 7.71. The van der Waals surface area contributed by atoms with E-state index in [1.54, 1.807) is 12.1 Å². The van der Waals surface area contributed by atoms with Gasteiger partial charge in [0.1, 0.15) is 11.7 Å². The summed E-state index contributed by atoms with van der Waals surface area (Å²) >= 11 is 0. The average Bonchev–Trinajstić information content (AvgIpc) is 3.62. The van der Waals surface area contributed by atoms with E-state index >= 15 is 0 Å². The molecule has 1 amide bonds. The molecule has 1 spiro atoms. The molecule has 3 N–H and O–H groups in total. The van der Waals surface area contributed by atoms with E-state index < -0.39 is 28.9 Å². The van der Waals surface area contributed by atoms with Crippen LogP contribution in [0.2, 0.25) is 0 Å². The van der Waals surface area contributed by atoms with Crippen LogP contribution in [0.15, 0.2) is 30.3 Å². The summed E-state index contributed by atoms with van der Waals surface area (Å²) in [6, 6.07) is 8.76. The first kappa shape index (κ1) is 23.0. The maximum Gasteiger partial charge on any atom is 0.235 e. The van der Waals surface area contributed by atoms with Crippen LogP contribution in [0.5, 0.6) is 17.2 Å². The van der Waals surface area contributed by atoms with E-state index in [-0.39, 0.29) is 24.0 Å². The minimum absolute atomic E-state index is 0.0199. The third kappa shape index (κ3) is 2.97. The molecule has 0 aromatic heterocycles. The highest BCUT2D eigenvalue weighted by atomic mass is 16.5. The van der Waals surface area contributed by atoms with Crippen LogP contribution in [0.4, 0.5) is 5.69 Å². The lowest BCUT2D eigenvalue weighted by molar-refractivity contribution is -0.197. The van der Waals surface area contributed by atoms with E-state index in [9.17, 15) is 19.8 Å². The molecule has 1 saturated heterocycles. The molecule has 2 heterocycles. The van der Waals surface area contributed by atoms with Gasteiger partial charge in [-0.3, -0.25) is 14.5 Å².